The van der Waals surface area contributed by atoms with E-state index in [0.29, 0.717) is 29.2 Å². The number of ether oxygens (including phenoxy) is 1. The van der Waals surface area contributed by atoms with Crippen LogP contribution in [-0.2, 0) is 9.53 Å². The van der Waals surface area contributed by atoms with Crippen molar-refractivity contribution in [2.45, 2.75) is 73.9 Å². The van der Waals surface area contributed by atoms with Crippen molar-refractivity contribution in [3.8, 4) is 0 Å². The lowest BCUT2D eigenvalue weighted by atomic mass is 9.77. The zero-order valence-corrected chi connectivity index (χ0v) is 12.6. The van der Waals surface area contributed by atoms with Gasteiger partial charge < -0.3 is 9.64 Å². The van der Waals surface area contributed by atoms with Gasteiger partial charge >= 0.3 is 0 Å². The lowest BCUT2D eigenvalue weighted by Gasteiger charge is -2.43. The molecule has 4 heteroatoms. The van der Waals surface area contributed by atoms with Crippen LogP contribution in [-0.4, -0.2) is 40.4 Å². The van der Waals surface area contributed by atoms with Gasteiger partial charge in [-0.05, 0) is 44.9 Å². The Balaban J connectivity index is 1.66. The van der Waals surface area contributed by atoms with Crippen LogP contribution in [0.3, 0.4) is 0 Å². The van der Waals surface area contributed by atoms with E-state index in [1.807, 2.05) is 0 Å². The molecule has 3 nitrogen and oxygen atoms in total. The van der Waals surface area contributed by atoms with Gasteiger partial charge in [-0.1, -0.05) is 15.9 Å². The average molecular weight is 316 g/mol. The number of fused-ring (bicyclic) bond motifs is 2. The zero-order chi connectivity index (χ0) is 12.8. The van der Waals surface area contributed by atoms with Crippen LogP contribution in [0.5, 0.6) is 0 Å². The first-order valence-electron chi connectivity index (χ1n) is 7.14. The Morgan fingerprint density at radius 3 is 2.39 bits per heavy atom. The van der Waals surface area contributed by atoms with Gasteiger partial charge in [-0.25, -0.2) is 0 Å². The van der Waals surface area contributed by atoms with E-state index in [9.17, 15) is 4.79 Å². The number of methoxy groups -OCH3 is 1. The molecule has 3 fully saturated rings. The lowest BCUT2D eigenvalue weighted by Crippen LogP contribution is -2.51. The van der Waals surface area contributed by atoms with Gasteiger partial charge in [-0.3, -0.25) is 4.79 Å². The summed E-state index contributed by atoms with van der Waals surface area (Å²) in [5, 5.41) is 0. The monoisotopic (exact) mass is 315 g/mol. The van der Waals surface area contributed by atoms with E-state index in [1.54, 1.807) is 7.11 Å². The Kier molecular flexibility index (Phi) is 3.43. The lowest BCUT2D eigenvalue weighted by molar-refractivity contribution is -0.148. The molecule has 18 heavy (non-hydrogen) atoms. The Hall–Kier alpha value is -0.0900. The summed E-state index contributed by atoms with van der Waals surface area (Å²) >= 11 is 3.72. The highest BCUT2D eigenvalue weighted by Gasteiger charge is 2.46. The molecule has 0 aromatic heterocycles. The first-order chi connectivity index (χ1) is 8.63. The van der Waals surface area contributed by atoms with Crippen LogP contribution < -0.4 is 0 Å². The van der Waals surface area contributed by atoms with Crippen LogP contribution in [0.25, 0.3) is 0 Å². The first-order valence-corrected chi connectivity index (χ1v) is 8.05. The summed E-state index contributed by atoms with van der Waals surface area (Å²) in [6, 6.07) is 0.962. The molecular weight excluding hydrogens is 294 g/mol. The molecule has 0 aromatic rings. The Bertz CT molecular complexity index is 323. The van der Waals surface area contributed by atoms with Gasteiger partial charge in [-0.2, -0.15) is 0 Å². The smallest absolute Gasteiger partial charge is 0.225 e. The highest BCUT2D eigenvalue weighted by Crippen LogP contribution is 2.42. The summed E-state index contributed by atoms with van der Waals surface area (Å²) in [6.45, 7) is 0. The predicted molar refractivity (Wildman–Crippen MR) is 73.8 cm³/mol. The fourth-order valence-corrected chi connectivity index (χ4v) is 4.77. The molecule has 0 spiro atoms. The second kappa shape index (κ2) is 4.78. The van der Waals surface area contributed by atoms with E-state index < -0.39 is 0 Å². The van der Waals surface area contributed by atoms with Gasteiger partial charge in [0.1, 0.15) is 0 Å². The summed E-state index contributed by atoms with van der Waals surface area (Å²) in [7, 11) is 1.76. The number of carbonyl (C=O) groups is 1. The second-order valence-electron chi connectivity index (χ2n) is 6.17. The summed E-state index contributed by atoms with van der Waals surface area (Å²) < 4.78 is 5.59. The number of piperidine rings is 1. The number of halogens is 1. The normalized spacial score (nSPS) is 37.4. The molecule has 0 N–H and O–H groups in total. The van der Waals surface area contributed by atoms with Gasteiger partial charge in [0.2, 0.25) is 5.91 Å². The number of rotatable bonds is 3. The van der Waals surface area contributed by atoms with Crippen LogP contribution in [0.4, 0.5) is 0 Å². The molecule has 102 valence electrons. The van der Waals surface area contributed by atoms with Crippen molar-refractivity contribution in [3.05, 3.63) is 0 Å². The van der Waals surface area contributed by atoms with Crippen molar-refractivity contribution in [2.24, 2.45) is 0 Å². The van der Waals surface area contributed by atoms with Crippen molar-refractivity contribution in [2.75, 3.05) is 7.11 Å². The minimum Gasteiger partial charge on any atom is -0.378 e. The van der Waals surface area contributed by atoms with E-state index in [2.05, 4.69) is 20.8 Å². The summed E-state index contributed by atoms with van der Waals surface area (Å²) in [5.74, 6) is 0.337. The Labute approximate surface area is 117 Å². The van der Waals surface area contributed by atoms with E-state index in [0.717, 1.165) is 25.7 Å². The molecule has 1 aliphatic carbocycles. The van der Waals surface area contributed by atoms with Crippen molar-refractivity contribution >= 4 is 21.8 Å². The molecular formula is C14H22BrNO2. The maximum absolute atomic E-state index is 12.6. The Morgan fingerprint density at radius 1 is 1.33 bits per heavy atom. The van der Waals surface area contributed by atoms with Gasteiger partial charge in [0.05, 0.1) is 12.0 Å². The predicted octanol–water partition coefficient (Wildman–Crippen LogP) is 2.86. The van der Waals surface area contributed by atoms with E-state index >= 15 is 0 Å². The number of hydrogen-bond acceptors (Lipinski definition) is 2. The van der Waals surface area contributed by atoms with Crippen LogP contribution in [0.15, 0.2) is 0 Å². The zero-order valence-electron chi connectivity index (χ0n) is 11.0. The third-order valence-corrected chi connectivity index (χ3v) is 5.88. The first kappa shape index (κ1) is 12.9. The van der Waals surface area contributed by atoms with Crippen molar-refractivity contribution in [1.82, 2.24) is 4.90 Å². The number of hydrogen-bond donors (Lipinski definition) is 0. The summed E-state index contributed by atoms with van der Waals surface area (Å²) in [6.07, 6.45) is 8.56. The maximum Gasteiger partial charge on any atom is 0.225 e. The van der Waals surface area contributed by atoms with E-state index in [1.165, 1.54) is 19.3 Å². The molecule has 1 amide bonds. The molecule has 2 heterocycles. The molecule has 3 aliphatic rings. The van der Waals surface area contributed by atoms with Gasteiger partial charge in [0.25, 0.3) is 0 Å². The number of amides is 1. The van der Waals surface area contributed by atoms with Gasteiger partial charge in [0, 0.05) is 24.0 Å². The topological polar surface area (TPSA) is 29.5 Å². The molecule has 0 radical (unpaired) electrons. The largest absolute Gasteiger partial charge is 0.378 e. The third-order valence-electron chi connectivity index (χ3n) is 5.13. The molecule has 0 aromatic carbocycles. The van der Waals surface area contributed by atoms with Crippen LogP contribution >= 0.6 is 15.9 Å². The molecule has 1 saturated carbocycles. The quantitative estimate of drug-likeness (QED) is 0.749. The fourth-order valence-electron chi connectivity index (χ4n) is 3.91. The highest BCUT2D eigenvalue weighted by molar-refractivity contribution is 9.09. The molecule has 2 atom stereocenters. The molecule has 2 aliphatic heterocycles. The van der Waals surface area contributed by atoms with Gasteiger partial charge in [-0.15, -0.1) is 0 Å². The highest BCUT2D eigenvalue weighted by atomic mass is 79.9. The van der Waals surface area contributed by atoms with E-state index in [4.69, 9.17) is 4.74 Å². The Morgan fingerprint density at radius 2 is 1.94 bits per heavy atom. The van der Waals surface area contributed by atoms with Crippen molar-refractivity contribution in [1.29, 1.82) is 0 Å². The minimum atomic E-state index is -0.123. The number of nitrogens with zero attached hydrogens (tertiary/aromatic N) is 1. The van der Waals surface area contributed by atoms with E-state index in [-0.39, 0.29) is 5.60 Å². The standard InChI is InChI=1S/C14H22BrNO2/c1-18-14(5-2-6-14)9-13(17)16-11-3-4-12(16)8-10(15)7-11/h10-12H,2-9H2,1H3. The number of carbonyl (C=O) groups excluding carboxylic acids is 1. The van der Waals surface area contributed by atoms with Crippen molar-refractivity contribution < 1.29 is 9.53 Å². The van der Waals surface area contributed by atoms with Gasteiger partial charge in [0.15, 0.2) is 0 Å². The minimum absolute atomic E-state index is 0.123. The SMILES string of the molecule is COC1(CC(=O)N2C3CCC2CC(Br)C3)CCC1. The molecule has 3 rings (SSSR count). The molecule has 2 saturated heterocycles. The summed E-state index contributed by atoms with van der Waals surface area (Å²) in [5.41, 5.74) is -0.123. The van der Waals surface area contributed by atoms with Crippen molar-refractivity contribution in [3.63, 3.8) is 0 Å². The number of alkyl halides is 1. The maximum atomic E-state index is 12.6. The molecule has 2 unspecified atom stereocenters. The third kappa shape index (κ3) is 2.11. The molecule has 2 bridgehead atoms. The fraction of sp³-hybridized carbons (Fsp3) is 0.929. The van der Waals surface area contributed by atoms with Crippen LogP contribution in [0.1, 0.15) is 51.4 Å². The second-order valence-corrected chi connectivity index (χ2v) is 7.47. The van der Waals surface area contributed by atoms with Crippen LogP contribution in [0, 0.1) is 0 Å². The van der Waals surface area contributed by atoms with Crippen LogP contribution in [0.2, 0.25) is 0 Å². The average Bonchev–Trinajstić information content (AvgIpc) is 2.56. The summed E-state index contributed by atoms with van der Waals surface area (Å²) in [4.78, 5) is 15.4.